The van der Waals surface area contributed by atoms with Crippen LogP contribution in [0.2, 0.25) is 10.0 Å². The third-order valence-electron chi connectivity index (χ3n) is 5.26. The van der Waals surface area contributed by atoms with E-state index >= 15 is 0 Å². The number of carbonyl (C=O) groups is 2. The Labute approximate surface area is 223 Å². The quantitative estimate of drug-likeness (QED) is 0.464. The lowest BCUT2D eigenvalue weighted by Crippen LogP contribution is -2.55. The molecule has 0 bridgehead atoms. The Morgan fingerprint density at radius 3 is 2.14 bits per heavy atom. The molecule has 0 aliphatic carbocycles. The van der Waals surface area contributed by atoms with E-state index in [1.54, 1.807) is 49.4 Å². The van der Waals surface area contributed by atoms with Crippen molar-refractivity contribution in [3.05, 3.63) is 58.1 Å². The molecule has 0 saturated carbocycles. The molecular formula is C25H33Cl2N3O5S. The number of benzene rings is 2. The van der Waals surface area contributed by atoms with Crippen molar-refractivity contribution in [2.24, 2.45) is 0 Å². The standard InChI is InChI=1S/C25H33Cl2N3O5S/c1-7-22(24(32)28-25(2,3)4)29(15-17-8-13-20(26)21(27)14-17)23(31)16-30(36(6,33)34)18-9-11-19(35-5)12-10-18/h8-14,22H,7,15-16H2,1-6H3,(H,28,32). The summed E-state index contributed by atoms with van der Waals surface area (Å²) in [7, 11) is -2.33. The van der Waals surface area contributed by atoms with E-state index < -0.39 is 34.1 Å². The van der Waals surface area contributed by atoms with Crippen LogP contribution < -0.4 is 14.4 Å². The minimum Gasteiger partial charge on any atom is -0.497 e. The first kappa shape index (κ1) is 29.7. The fourth-order valence-corrected chi connectivity index (χ4v) is 4.74. The third kappa shape index (κ3) is 8.28. The van der Waals surface area contributed by atoms with Crippen LogP contribution in [0.5, 0.6) is 5.75 Å². The summed E-state index contributed by atoms with van der Waals surface area (Å²) < 4.78 is 31.5. The molecule has 0 aliphatic heterocycles. The zero-order valence-electron chi connectivity index (χ0n) is 21.3. The van der Waals surface area contributed by atoms with Crippen molar-refractivity contribution in [3.63, 3.8) is 0 Å². The SMILES string of the molecule is CCC(C(=O)NC(C)(C)C)N(Cc1ccc(Cl)c(Cl)c1)C(=O)CN(c1ccc(OC)cc1)S(C)(=O)=O. The first-order valence-corrected chi connectivity index (χ1v) is 13.9. The summed E-state index contributed by atoms with van der Waals surface area (Å²) in [6.07, 6.45) is 1.34. The minimum atomic E-state index is -3.83. The van der Waals surface area contributed by atoms with E-state index in [9.17, 15) is 18.0 Å². The van der Waals surface area contributed by atoms with Crippen LogP contribution in [-0.4, -0.2) is 56.6 Å². The number of ether oxygens (including phenoxy) is 1. The van der Waals surface area contributed by atoms with Gasteiger partial charge in [-0.1, -0.05) is 36.2 Å². The number of amides is 2. The fourth-order valence-electron chi connectivity index (χ4n) is 3.57. The number of hydrogen-bond acceptors (Lipinski definition) is 5. The van der Waals surface area contributed by atoms with Gasteiger partial charge in [0.15, 0.2) is 0 Å². The monoisotopic (exact) mass is 557 g/mol. The van der Waals surface area contributed by atoms with Gasteiger partial charge in [-0.3, -0.25) is 13.9 Å². The molecule has 0 radical (unpaired) electrons. The molecule has 1 unspecified atom stereocenters. The predicted molar refractivity (Wildman–Crippen MR) is 144 cm³/mol. The van der Waals surface area contributed by atoms with E-state index in [2.05, 4.69) is 5.32 Å². The summed E-state index contributed by atoms with van der Waals surface area (Å²) in [5.41, 5.74) is 0.425. The summed E-state index contributed by atoms with van der Waals surface area (Å²) in [5, 5.41) is 3.58. The highest BCUT2D eigenvalue weighted by atomic mass is 35.5. The van der Waals surface area contributed by atoms with Gasteiger partial charge in [-0.2, -0.15) is 0 Å². The Bertz CT molecular complexity index is 1180. The van der Waals surface area contributed by atoms with Gasteiger partial charge in [-0.15, -0.1) is 0 Å². The molecular weight excluding hydrogens is 525 g/mol. The Morgan fingerprint density at radius 1 is 1.06 bits per heavy atom. The van der Waals surface area contributed by atoms with Crippen LogP contribution in [0.4, 0.5) is 5.69 Å². The normalized spacial score (nSPS) is 12.6. The topological polar surface area (TPSA) is 96.0 Å². The van der Waals surface area contributed by atoms with Crippen molar-refractivity contribution < 1.29 is 22.7 Å². The van der Waals surface area contributed by atoms with E-state index in [-0.39, 0.29) is 12.5 Å². The molecule has 0 fully saturated rings. The lowest BCUT2D eigenvalue weighted by atomic mass is 10.1. The van der Waals surface area contributed by atoms with E-state index in [1.165, 1.54) is 12.0 Å². The Kier molecular flexibility index (Phi) is 10.0. The molecule has 198 valence electrons. The maximum atomic E-state index is 13.7. The van der Waals surface area contributed by atoms with Gasteiger partial charge in [0.25, 0.3) is 0 Å². The highest BCUT2D eigenvalue weighted by Gasteiger charge is 2.33. The average molecular weight is 559 g/mol. The summed E-state index contributed by atoms with van der Waals surface area (Å²) in [6.45, 7) is 6.87. The lowest BCUT2D eigenvalue weighted by Gasteiger charge is -2.34. The molecule has 2 aromatic carbocycles. The van der Waals surface area contributed by atoms with Crippen LogP contribution >= 0.6 is 23.2 Å². The second kappa shape index (κ2) is 12.2. The smallest absolute Gasteiger partial charge is 0.244 e. The van der Waals surface area contributed by atoms with Crippen molar-refractivity contribution >= 4 is 50.7 Å². The minimum absolute atomic E-state index is 0.0337. The summed E-state index contributed by atoms with van der Waals surface area (Å²) >= 11 is 12.2. The van der Waals surface area contributed by atoms with E-state index in [0.29, 0.717) is 33.5 Å². The molecule has 36 heavy (non-hydrogen) atoms. The Hall–Kier alpha value is -2.49. The molecule has 0 aliphatic rings. The molecule has 1 N–H and O–H groups in total. The first-order chi connectivity index (χ1) is 16.7. The van der Waals surface area contributed by atoms with Crippen LogP contribution in [0.1, 0.15) is 39.7 Å². The second-order valence-corrected chi connectivity index (χ2v) is 12.1. The Morgan fingerprint density at radius 2 is 1.67 bits per heavy atom. The van der Waals surface area contributed by atoms with Gasteiger partial charge in [0, 0.05) is 12.1 Å². The van der Waals surface area contributed by atoms with Gasteiger partial charge < -0.3 is 15.0 Å². The van der Waals surface area contributed by atoms with Gasteiger partial charge in [0.2, 0.25) is 21.8 Å². The highest BCUT2D eigenvalue weighted by Crippen LogP contribution is 2.25. The zero-order chi connectivity index (χ0) is 27.3. The summed E-state index contributed by atoms with van der Waals surface area (Å²) in [5.74, 6) is -0.336. The second-order valence-electron chi connectivity index (χ2n) is 9.40. The number of anilines is 1. The van der Waals surface area contributed by atoms with Gasteiger partial charge in [0.1, 0.15) is 18.3 Å². The molecule has 2 amide bonds. The average Bonchev–Trinajstić information content (AvgIpc) is 2.77. The number of rotatable bonds is 10. The van der Waals surface area contributed by atoms with Gasteiger partial charge in [-0.25, -0.2) is 8.42 Å². The summed E-state index contributed by atoms with van der Waals surface area (Å²) in [4.78, 5) is 28.2. The maximum absolute atomic E-state index is 13.7. The Balaban J connectivity index is 2.47. The van der Waals surface area contributed by atoms with Crippen LogP contribution in [0, 0.1) is 0 Å². The molecule has 0 saturated heterocycles. The van der Waals surface area contributed by atoms with Crippen LogP contribution in [0.25, 0.3) is 0 Å². The zero-order valence-corrected chi connectivity index (χ0v) is 23.7. The van der Waals surface area contributed by atoms with Crippen LogP contribution in [0.15, 0.2) is 42.5 Å². The van der Waals surface area contributed by atoms with Gasteiger partial charge in [0.05, 0.1) is 29.1 Å². The fraction of sp³-hybridized carbons (Fsp3) is 0.440. The molecule has 0 heterocycles. The van der Waals surface area contributed by atoms with Crippen LogP contribution in [0.3, 0.4) is 0 Å². The first-order valence-electron chi connectivity index (χ1n) is 11.3. The molecule has 11 heteroatoms. The number of carbonyl (C=O) groups excluding carboxylic acids is 2. The van der Waals surface area contributed by atoms with Crippen LogP contribution in [-0.2, 0) is 26.2 Å². The van der Waals surface area contributed by atoms with E-state index in [1.807, 2.05) is 20.8 Å². The predicted octanol–water partition coefficient (Wildman–Crippen LogP) is 4.49. The maximum Gasteiger partial charge on any atom is 0.244 e. The van der Waals surface area contributed by atoms with Crippen molar-refractivity contribution in [1.82, 2.24) is 10.2 Å². The van der Waals surface area contributed by atoms with E-state index in [0.717, 1.165) is 10.6 Å². The lowest BCUT2D eigenvalue weighted by molar-refractivity contribution is -0.141. The molecule has 0 spiro atoms. The number of methoxy groups -OCH3 is 1. The van der Waals surface area contributed by atoms with E-state index in [4.69, 9.17) is 27.9 Å². The molecule has 0 aromatic heterocycles. The number of hydrogen-bond donors (Lipinski definition) is 1. The van der Waals surface area contributed by atoms with Gasteiger partial charge in [-0.05, 0) is 69.2 Å². The number of halogens is 2. The molecule has 2 aromatic rings. The van der Waals surface area contributed by atoms with Crippen molar-refractivity contribution in [1.29, 1.82) is 0 Å². The molecule has 2 rings (SSSR count). The number of sulfonamides is 1. The van der Waals surface area contributed by atoms with Crippen molar-refractivity contribution in [2.45, 2.75) is 52.2 Å². The van der Waals surface area contributed by atoms with Gasteiger partial charge >= 0.3 is 0 Å². The molecule has 8 nitrogen and oxygen atoms in total. The van der Waals surface area contributed by atoms with Crippen molar-refractivity contribution in [2.75, 3.05) is 24.2 Å². The number of nitrogens with one attached hydrogen (secondary N) is 1. The molecule has 1 atom stereocenters. The third-order valence-corrected chi connectivity index (χ3v) is 7.14. The number of nitrogens with zero attached hydrogens (tertiary/aromatic N) is 2. The van der Waals surface area contributed by atoms with Crippen molar-refractivity contribution in [3.8, 4) is 5.75 Å². The largest absolute Gasteiger partial charge is 0.497 e. The summed E-state index contributed by atoms with van der Waals surface area (Å²) in [6, 6.07) is 10.4. The highest BCUT2D eigenvalue weighted by molar-refractivity contribution is 7.92.